The molecule has 0 spiro atoms. The number of halogens is 2. The Hall–Kier alpha value is -1.58. The summed E-state index contributed by atoms with van der Waals surface area (Å²) in [6.45, 7) is 4.61. The first-order valence-electron chi connectivity index (χ1n) is 6.76. The maximum atomic E-state index is 6.28. The summed E-state index contributed by atoms with van der Waals surface area (Å²) in [7, 11) is 0. The van der Waals surface area contributed by atoms with Crippen molar-refractivity contribution in [1.29, 1.82) is 0 Å². The molecule has 3 rings (SSSR count). The minimum absolute atomic E-state index is 0.174. The van der Waals surface area contributed by atoms with E-state index in [4.69, 9.17) is 23.2 Å². The lowest BCUT2D eigenvalue weighted by Crippen LogP contribution is -2.06. The number of fused-ring (bicyclic) bond motifs is 1. The first-order valence-corrected chi connectivity index (χ1v) is 7.57. The second-order valence-electron chi connectivity index (χ2n) is 5.15. The predicted molar refractivity (Wildman–Crippen MR) is 87.1 cm³/mol. The number of hydrogen-bond acceptors (Lipinski definition) is 2. The van der Waals surface area contributed by atoms with E-state index in [0.717, 1.165) is 33.1 Å². The largest absolute Gasteiger partial charge is 0.307 e. The van der Waals surface area contributed by atoms with E-state index in [2.05, 4.69) is 14.5 Å². The minimum atomic E-state index is -0.174. The second-order valence-corrected chi connectivity index (χ2v) is 6.25. The Morgan fingerprint density at radius 3 is 2.62 bits per heavy atom. The highest BCUT2D eigenvalue weighted by molar-refractivity contribution is 6.30. The van der Waals surface area contributed by atoms with Gasteiger partial charge in [0.1, 0.15) is 11.3 Å². The maximum absolute atomic E-state index is 6.28. The molecule has 108 valence electrons. The zero-order chi connectivity index (χ0) is 15.0. The number of hydrogen-bond donors (Lipinski definition) is 0. The van der Waals surface area contributed by atoms with Crippen LogP contribution in [-0.2, 0) is 6.54 Å². The van der Waals surface area contributed by atoms with Crippen LogP contribution >= 0.6 is 23.2 Å². The number of aromatic nitrogens is 3. The van der Waals surface area contributed by atoms with Crippen molar-refractivity contribution >= 4 is 34.4 Å². The molecule has 2 heterocycles. The summed E-state index contributed by atoms with van der Waals surface area (Å²) in [5, 5.41) is 0.556. The van der Waals surface area contributed by atoms with Gasteiger partial charge in [-0.25, -0.2) is 9.97 Å². The standard InChI is InChI=1S/C16H15Cl2N3/c1-10-7-14-16(19-8-10)21(15(20-14)11(2)17)9-12-3-5-13(18)6-4-12/h3-8,11H,9H2,1-2H3. The van der Waals surface area contributed by atoms with Gasteiger partial charge in [-0.3, -0.25) is 0 Å². The van der Waals surface area contributed by atoms with E-state index in [1.54, 1.807) is 0 Å². The van der Waals surface area contributed by atoms with E-state index in [1.807, 2.05) is 50.4 Å². The molecular weight excluding hydrogens is 305 g/mol. The van der Waals surface area contributed by atoms with Crippen molar-refractivity contribution in [3.8, 4) is 0 Å². The van der Waals surface area contributed by atoms with E-state index < -0.39 is 0 Å². The molecule has 0 saturated heterocycles. The van der Waals surface area contributed by atoms with Crippen LogP contribution < -0.4 is 0 Å². The smallest absolute Gasteiger partial charge is 0.160 e. The SMILES string of the molecule is Cc1cnc2c(c1)nc(C(C)Cl)n2Cc1ccc(Cl)cc1. The summed E-state index contributed by atoms with van der Waals surface area (Å²) in [6, 6.07) is 9.81. The minimum Gasteiger partial charge on any atom is -0.307 e. The van der Waals surface area contributed by atoms with Crippen molar-refractivity contribution in [3.63, 3.8) is 0 Å². The van der Waals surface area contributed by atoms with E-state index in [9.17, 15) is 0 Å². The van der Waals surface area contributed by atoms with Crippen LogP contribution in [-0.4, -0.2) is 14.5 Å². The van der Waals surface area contributed by atoms with Crippen LogP contribution in [0.5, 0.6) is 0 Å². The van der Waals surface area contributed by atoms with Gasteiger partial charge in [0.2, 0.25) is 0 Å². The quantitative estimate of drug-likeness (QED) is 0.653. The van der Waals surface area contributed by atoms with Gasteiger partial charge in [0, 0.05) is 11.2 Å². The van der Waals surface area contributed by atoms with Crippen molar-refractivity contribution in [2.75, 3.05) is 0 Å². The fourth-order valence-corrected chi connectivity index (χ4v) is 2.65. The van der Waals surface area contributed by atoms with Crippen LogP contribution in [0.15, 0.2) is 36.5 Å². The topological polar surface area (TPSA) is 30.7 Å². The lowest BCUT2D eigenvalue weighted by atomic mass is 10.2. The summed E-state index contributed by atoms with van der Waals surface area (Å²) in [5.41, 5.74) is 3.97. The fourth-order valence-electron chi connectivity index (χ4n) is 2.36. The van der Waals surface area contributed by atoms with Crippen molar-refractivity contribution in [3.05, 3.63) is 58.5 Å². The molecular formula is C16H15Cl2N3. The van der Waals surface area contributed by atoms with Gasteiger partial charge in [0.15, 0.2) is 5.65 Å². The molecule has 2 aromatic heterocycles. The molecule has 0 saturated carbocycles. The molecule has 0 N–H and O–H groups in total. The number of imidazole rings is 1. The van der Waals surface area contributed by atoms with Gasteiger partial charge in [0.25, 0.3) is 0 Å². The molecule has 0 amide bonds. The Kier molecular flexibility index (Phi) is 3.87. The summed E-state index contributed by atoms with van der Waals surface area (Å²) in [5.74, 6) is 0.833. The zero-order valence-electron chi connectivity index (χ0n) is 11.8. The second kappa shape index (κ2) is 5.66. The Morgan fingerprint density at radius 2 is 1.95 bits per heavy atom. The highest BCUT2D eigenvalue weighted by atomic mass is 35.5. The molecule has 5 heteroatoms. The lowest BCUT2D eigenvalue weighted by Gasteiger charge is -2.10. The molecule has 3 nitrogen and oxygen atoms in total. The van der Waals surface area contributed by atoms with Crippen LogP contribution in [0.25, 0.3) is 11.2 Å². The maximum Gasteiger partial charge on any atom is 0.160 e. The number of benzene rings is 1. The Balaban J connectivity index is 2.10. The van der Waals surface area contributed by atoms with E-state index in [1.165, 1.54) is 0 Å². The number of rotatable bonds is 3. The average molecular weight is 320 g/mol. The third-order valence-electron chi connectivity index (χ3n) is 3.36. The molecule has 0 aliphatic heterocycles. The Labute approximate surface area is 133 Å². The Bertz CT molecular complexity index is 776. The van der Waals surface area contributed by atoms with Crippen LogP contribution in [0.4, 0.5) is 0 Å². The first kappa shape index (κ1) is 14.4. The normalized spacial score (nSPS) is 12.8. The van der Waals surface area contributed by atoms with Gasteiger partial charge in [-0.15, -0.1) is 11.6 Å². The van der Waals surface area contributed by atoms with Gasteiger partial charge in [-0.2, -0.15) is 0 Å². The highest BCUT2D eigenvalue weighted by Crippen LogP contribution is 2.25. The molecule has 0 radical (unpaired) electrons. The molecule has 0 fully saturated rings. The number of pyridine rings is 1. The van der Waals surface area contributed by atoms with E-state index in [-0.39, 0.29) is 5.38 Å². The number of alkyl halides is 1. The van der Waals surface area contributed by atoms with Gasteiger partial charge >= 0.3 is 0 Å². The molecule has 1 aromatic carbocycles. The van der Waals surface area contributed by atoms with E-state index >= 15 is 0 Å². The summed E-state index contributed by atoms with van der Waals surface area (Å²) < 4.78 is 2.07. The highest BCUT2D eigenvalue weighted by Gasteiger charge is 2.16. The molecule has 3 aromatic rings. The van der Waals surface area contributed by atoms with Crippen molar-refractivity contribution < 1.29 is 0 Å². The first-order chi connectivity index (χ1) is 10.0. The molecule has 0 aliphatic rings. The molecule has 1 unspecified atom stereocenters. The van der Waals surface area contributed by atoms with Crippen LogP contribution in [0, 0.1) is 6.92 Å². The Morgan fingerprint density at radius 1 is 1.24 bits per heavy atom. The van der Waals surface area contributed by atoms with Gasteiger partial charge in [-0.05, 0) is 43.2 Å². The van der Waals surface area contributed by atoms with Gasteiger partial charge in [-0.1, -0.05) is 23.7 Å². The van der Waals surface area contributed by atoms with Gasteiger partial charge in [0.05, 0.1) is 11.9 Å². The monoisotopic (exact) mass is 319 g/mol. The lowest BCUT2D eigenvalue weighted by molar-refractivity contribution is 0.736. The fraction of sp³-hybridized carbons (Fsp3) is 0.250. The van der Waals surface area contributed by atoms with Crippen molar-refractivity contribution in [2.45, 2.75) is 25.8 Å². The van der Waals surface area contributed by atoms with Crippen LogP contribution in [0.3, 0.4) is 0 Å². The summed E-state index contributed by atoms with van der Waals surface area (Å²) in [6.07, 6.45) is 1.85. The average Bonchev–Trinajstić information content (AvgIpc) is 2.79. The van der Waals surface area contributed by atoms with Crippen molar-refractivity contribution in [2.24, 2.45) is 0 Å². The zero-order valence-corrected chi connectivity index (χ0v) is 13.4. The van der Waals surface area contributed by atoms with Crippen LogP contribution in [0.1, 0.15) is 29.3 Å². The summed E-state index contributed by atoms with van der Waals surface area (Å²) in [4.78, 5) is 9.14. The van der Waals surface area contributed by atoms with Gasteiger partial charge < -0.3 is 4.57 Å². The number of aryl methyl sites for hydroxylation is 1. The predicted octanol–water partition coefficient (Wildman–Crippen LogP) is 4.74. The molecule has 0 aliphatic carbocycles. The molecule has 21 heavy (non-hydrogen) atoms. The molecule has 1 atom stereocenters. The van der Waals surface area contributed by atoms with Crippen LogP contribution in [0.2, 0.25) is 5.02 Å². The summed E-state index contributed by atoms with van der Waals surface area (Å²) >= 11 is 12.2. The van der Waals surface area contributed by atoms with E-state index in [0.29, 0.717) is 6.54 Å². The third kappa shape index (κ3) is 2.89. The molecule has 0 bridgehead atoms. The third-order valence-corrected chi connectivity index (χ3v) is 3.81. The van der Waals surface area contributed by atoms with Crippen molar-refractivity contribution in [1.82, 2.24) is 14.5 Å². The number of nitrogens with zero attached hydrogens (tertiary/aromatic N) is 3.